The van der Waals surface area contributed by atoms with Crippen molar-refractivity contribution in [1.29, 1.82) is 0 Å². The maximum absolute atomic E-state index is 12.7. The van der Waals surface area contributed by atoms with E-state index in [4.69, 9.17) is 4.98 Å². The Balaban J connectivity index is 1.61. The molecular formula is C23H26N4O2. The van der Waals surface area contributed by atoms with Gasteiger partial charge in [-0.15, -0.1) is 0 Å². The predicted octanol–water partition coefficient (Wildman–Crippen LogP) is 3.08. The van der Waals surface area contributed by atoms with Gasteiger partial charge in [0.05, 0.1) is 11.0 Å². The first-order valence-electron chi connectivity index (χ1n) is 10.1. The molecule has 6 heteroatoms. The Morgan fingerprint density at radius 2 is 1.86 bits per heavy atom. The number of hydrogen-bond donors (Lipinski definition) is 1. The number of fused-ring (bicyclic) bond motifs is 1. The van der Waals surface area contributed by atoms with Gasteiger partial charge in [0.25, 0.3) is 0 Å². The van der Waals surface area contributed by atoms with Gasteiger partial charge in [-0.3, -0.25) is 9.59 Å². The van der Waals surface area contributed by atoms with Gasteiger partial charge in [-0.05, 0) is 31.5 Å². The Hall–Kier alpha value is -3.15. The van der Waals surface area contributed by atoms with Crippen LogP contribution in [0, 0.1) is 0 Å². The number of imidazole rings is 1. The predicted molar refractivity (Wildman–Crippen MR) is 112 cm³/mol. The van der Waals surface area contributed by atoms with Crippen LogP contribution in [0.5, 0.6) is 0 Å². The number of carbonyl (C=O) groups excluding carboxylic acids is 2. The second-order valence-electron chi connectivity index (χ2n) is 7.93. The third-order valence-electron chi connectivity index (χ3n) is 5.23. The summed E-state index contributed by atoms with van der Waals surface area (Å²) in [7, 11) is 0. The molecule has 2 heterocycles. The molecule has 0 radical (unpaired) electrons. The lowest BCUT2D eigenvalue weighted by molar-refractivity contribution is -0.128. The molecule has 4 rings (SSSR count). The number of hydrogen-bond acceptors (Lipinski definition) is 3. The fourth-order valence-electron chi connectivity index (χ4n) is 3.98. The number of nitrogens with one attached hydrogen (secondary N) is 1. The molecule has 0 aliphatic carbocycles. The zero-order chi connectivity index (χ0) is 20.4. The van der Waals surface area contributed by atoms with Crippen LogP contribution in [0.1, 0.15) is 37.6 Å². The van der Waals surface area contributed by atoms with Gasteiger partial charge in [0.15, 0.2) is 0 Å². The lowest BCUT2D eigenvalue weighted by Gasteiger charge is -2.17. The van der Waals surface area contributed by atoms with Crippen molar-refractivity contribution >= 4 is 22.8 Å². The first-order valence-corrected chi connectivity index (χ1v) is 10.1. The number of likely N-dealkylation sites (tertiary alicyclic amines) is 1. The molecule has 3 aromatic rings. The first-order chi connectivity index (χ1) is 14.0. The van der Waals surface area contributed by atoms with Crippen molar-refractivity contribution in [2.24, 2.45) is 0 Å². The largest absolute Gasteiger partial charge is 0.352 e. The summed E-state index contributed by atoms with van der Waals surface area (Å²) in [4.78, 5) is 31.8. The van der Waals surface area contributed by atoms with Crippen LogP contribution in [0.2, 0.25) is 0 Å². The zero-order valence-corrected chi connectivity index (χ0v) is 16.8. The molecule has 1 aliphatic heterocycles. The van der Waals surface area contributed by atoms with Gasteiger partial charge in [-0.2, -0.15) is 0 Å². The van der Waals surface area contributed by atoms with E-state index in [0.29, 0.717) is 19.5 Å². The van der Waals surface area contributed by atoms with Crippen molar-refractivity contribution in [2.75, 3.05) is 6.54 Å². The highest BCUT2D eigenvalue weighted by Crippen LogP contribution is 2.31. The van der Waals surface area contributed by atoms with Crippen LogP contribution in [0.3, 0.4) is 0 Å². The molecule has 150 valence electrons. The van der Waals surface area contributed by atoms with Crippen LogP contribution in [0.15, 0.2) is 54.6 Å². The highest BCUT2D eigenvalue weighted by molar-refractivity contribution is 5.83. The average molecular weight is 390 g/mol. The van der Waals surface area contributed by atoms with Gasteiger partial charge in [0, 0.05) is 31.5 Å². The number of rotatable bonds is 6. The number of nitrogens with zero attached hydrogens (tertiary/aromatic N) is 3. The minimum absolute atomic E-state index is 0.0227. The van der Waals surface area contributed by atoms with Gasteiger partial charge in [-0.25, -0.2) is 4.98 Å². The number of amides is 2. The molecule has 29 heavy (non-hydrogen) atoms. The van der Waals surface area contributed by atoms with Gasteiger partial charge >= 0.3 is 0 Å². The standard InChI is InChI=1S/C23H26N4O2/c1-16(2)24-21(28)15-27-20-11-7-6-10-19(20)25-23(27)18-12-22(29)26(14-18)13-17-8-4-3-5-9-17/h3-11,16,18H,12-15H2,1-2H3,(H,24,28). The van der Waals surface area contributed by atoms with Gasteiger partial charge in [0.1, 0.15) is 12.4 Å². The molecule has 1 N–H and O–H groups in total. The number of benzene rings is 2. The summed E-state index contributed by atoms with van der Waals surface area (Å²) in [5.74, 6) is 0.874. The highest BCUT2D eigenvalue weighted by Gasteiger charge is 2.34. The van der Waals surface area contributed by atoms with E-state index in [1.165, 1.54) is 0 Å². The second-order valence-corrected chi connectivity index (χ2v) is 7.93. The summed E-state index contributed by atoms with van der Waals surface area (Å²) in [6.07, 6.45) is 0.419. The van der Waals surface area contributed by atoms with Crippen LogP contribution < -0.4 is 5.32 Å². The van der Waals surface area contributed by atoms with E-state index in [0.717, 1.165) is 22.4 Å². The summed E-state index contributed by atoms with van der Waals surface area (Å²) < 4.78 is 1.97. The summed E-state index contributed by atoms with van der Waals surface area (Å²) in [6, 6.07) is 17.9. The minimum atomic E-state index is -0.0464. The summed E-state index contributed by atoms with van der Waals surface area (Å²) >= 11 is 0. The van der Waals surface area contributed by atoms with Crippen molar-refractivity contribution in [3.05, 3.63) is 66.0 Å². The topological polar surface area (TPSA) is 67.2 Å². The van der Waals surface area contributed by atoms with Crippen molar-refractivity contribution in [2.45, 2.75) is 45.3 Å². The molecule has 2 aromatic carbocycles. The molecule has 0 bridgehead atoms. The van der Waals surface area contributed by atoms with Crippen molar-refractivity contribution < 1.29 is 9.59 Å². The Morgan fingerprint density at radius 3 is 2.62 bits per heavy atom. The minimum Gasteiger partial charge on any atom is -0.352 e. The van der Waals surface area contributed by atoms with E-state index in [2.05, 4.69) is 5.32 Å². The fourth-order valence-corrected chi connectivity index (χ4v) is 3.98. The third-order valence-corrected chi connectivity index (χ3v) is 5.23. The van der Waals surface area contributed by atoms with Crippen LogP contribution in [0.4, 0.5) is 0 Å². The Morgan fingerprint density at radius 1 is 1.14 bits per heavy atom. The maximum atomic E-state index is 12.7. The van der Waals surface area contributed by atoms with Crippen LogP contribution in [-0.4, -0.2) is 38.9 Å². The number of carbonyl (C=O) groups is 2. The molecule has 1 saturated heterocycles. The monoisotopic (exact) mass is 390 g/mol. The van der Waals surface area contributed by atoms with E-state index in [9.17, 15) is 9.59 Å². The lowest BCUT2D eigenvalue weighted by atomic mass is 10.1. The first kappa shape index (κ1) is 19.2. The van der Waals surface area contributed by atoms with E-state index in [-0.39, 0.29) is 30.3 Å². The van der Waals surface area contributed by atoms with Gasteiger partial charge in [0.2, 0.25) is 11.8 Å². The summed E-state index contributed by atoms with van der Waals surface area (Å²) in [5.41, 5.74) is 2.90. The molecule has 1 aromatic heterocycles. The molecule has 1 atom stereocenters. The molecular weight excluding hydrogens is 364 g/mol. The van der Waals surface area contributed by atoms with E-state index in [1.807, 2.05) is 77.9 Å². The van der Waals surface area contributed by atoms with Crippen molar-refractivity contribution in [3.63, 3.8) is 0 Å². The Bertz CT molecular complexity index is 1030. The van der Waals surface area contributed by atoms with Crippen LogP contribution >= 0.6 is 0 Å². The second kappa shape index (κ2) is 8.07. The molecule has 2 amide bonds. The lowest BCUT2D eigenvalue weighted by Crippen LogP contribution is -2.33. The summed E-state index contributed by atoms with van der Waals surface area (Å²) in [5, 5.41) is 2.95. The van der Waals surface area contributed by atoms with Crippen molar-refractivity contribution in [3.8, 4) is 0 Å². The van der Waals surface area contributed by atoms with Crippen LogP contribution in [0.25, 0.3) is 11.0 Å². The van der Waals surface area contributed by atoms with Gasteiger partial charge in [-0.1, -0.05) is 42.5 Å². The molecule has 1 unspecified atom stereocenters. The number of aromatic nitrogens is 2. The zero-order valence-electron chi connectivity index (χ0n) is 16.8. The normalized spacial score (nSPS) is 16.7. The maximum Gasteiger partial charge on any atom is 0.240 e. The molecule has 1 aliphatic rings. The van der Waals surface area contributed by atoms with E-state index >= 15 is 0 Å². The molecule has 1 fully saturated rings. The highest BCUT2D eigenvalue weighted by atomic mass is 16.2. The molecule has 0 saturated carbocycles. The molecule has 6 nitrogen and oxygen atoms in total. The van der Waals surface area contributed by atoms with Crippen molar-refractivity contribution in [1.82, 2.24) is 19.8 Å². The third kappa shape index (κ3) is 4.16. The average Bonchev–Trinajstić information content (AvgIpc) is 3.23. The quantitative estimate of drug-likeness (QED) is 0.703. The summed E-state index contributed by atoms with van der Waals surface area (Å²) in [6.45, 7) is 5.31. The SMILES string of the molecule is CC(C)NC(=O)Cn1c(C2CC(=O)N(Cc3ccccc3)C2)nc2ccccc21. The molecule has 0 spiro atoms. The van der Waals surface area contributed by atoms with E-state index < -0.39 is 0 Å². The fraction of sp³-hybridized carbons (Fsp3) is 0.348. The number of para-hydroxylation sites is 2. The Labute approximate surface area is 170 Å². The van der Waals surface area contributed by atoms with E-state index in [1.54, 1.807) is 0 Å². The van der Waals surface area contributed by atoms with Crippen LogP contribution in [-0.2, 0) is 22.7 Å². The smallest absolute Gasteiger partial charge is 0.240 e. The van der Waals surface area contributed by atoms with Gasteiger partial charge < -0.3 is 14.8 Å². The Kier molecular flexibility index (Phi) is 5.34.